The van der Waals surface area contributed by atoms with Gasteiger partial charge in [-0.25, -0.2) is 19.2 Å². The highest BCUT2D eigenvalue weighted by Crippen LogP contribution is 2.65. The van der Waals surface area contributed by atoms with Crippen LogP contribution in [0.4, 0.5) is 9.59 Å². The van der Waals surface area contributed by atoms with Crippen LogP contribution in [0.3, 0.4) is 0 Å². The fourth-order valence-electron chi connectivity index (χ4n) is 11.5. The first-order valence-electron chi connectivity index (χ1n) is 23.7. The summed E-state index contributed by atoms with van der Waals surface area (Å²) in [5, 5.41) is 26.7. The van der Waals surface area contributed by atoms with Crippen LogP contribution in [0.2, 0.25) is 0 Å². The zero-order valence-corrected chi connectivity index (χ0v) is 43.6. The molecule has 2 bridgehead atoms. The second-order valence-electron chi connectivity index (χ2n) is 20.9. The van der Waals surface area contributed by atoms with Gasteiger partial charge in [-0.1, -0.05) is 128 Å². The number of alkyl halides is 3. The van der Waals surface area contributed by atoms with Crippen LogP contribution in [0.15, 0.2) is 102 Å². The highest BCUT2D eigenvalue weighted by molar-refractivity contribution is 6.67. The normalized spacial score (nSPS) is 32.6. The molecule has 20 heteroatoms. The lowest BCUT2D eigenvalue weighted by atomic mass is 9.44. The van der Waals surface area contributed by atoms with E-state index in [0.29, 0.717) is 11.1 Å². The number of carbonyl (C=O) groups is 6. The molecule has 2 aliphatic heterocycles. The number of benzene rings is 3. The van der Waals surface area contributed by atoms with Crippen LogP contribution >= 0.6 is 34.8 Å². The molecule has 2 heterocycles. The number of ketones is 1. The van der Waals surface area contributed by atoms with Crippen LogP contribution in [0.1, 0.15) is 102 Å². The van der Waals surface area contributed by atoms with Gasteiger partial charge < -0.3 is 48.1 Å². The van der Waals surface area contributed by atoms with Crippen molar-refractivity contribution in [2.24, 2.45) is 16.7 Å². The van der Waals surface area contributed by atoms with E-state index in [1.54, 1.807) is 113 Å². The fourth-order valence-corrected chi connectivity index (χ4v) is 11.7. The van der Waals surface area contributed by atoms with E-state index in [1.807, 2.05) is 0 Å². The summed E-state index contributed by atoms with van der Waals surface area (Å²) >= 11 is 17.6. The van der Waals surface area contributed by atoms with Crippen LogP contribution in [0, 0.1) is 16.7 Å². The standard InChI is InChI=1S/C53H58Cl3NO16/c1-28-33(68-45(62)39-37(30-18-12-9-13-19-30)57(46(63)73-48(3,4)5)43(70-39)31-20-14-10-15-21-31)25-52(65)42(71-44(61)32-22-16-11-17-23-32)40-50(8,41(60)38(59)36(28)49(52,6)7)34(69-47(64)67-27-53(54,55)56)24-35-51(40,26-66-35)72-29(2)58/h9-23,33-35,37-40,42-43,59,65H,24-27H2,1-8H3/t33-,34-,35+,37-,38+,39+,40-,42-,43+,50+,51-,52+/m0/s1. The molecule has 392 valence electrons. The minimum atomic E-state index is -2.47. The van der Waals surface area contributed by atoms with Crippen molar-refractivity contribution in [1.82, 2.24) is 4.90 Å². The highest BCUT2D eigenvalue weighted by atomic mass is 35.6. The Morgan fingerprint density at radius 3 is 1.99 bits per heavy atom. The second-order valence-corrected chi connectivity index (χ2v) is 23.4. The number of hydrogen-bond acceptors (Lipinski definition) is 16. The minimum Gasteiger partial charge on any atom is -0.456 e. The average molecular weight is 1070 g/mol. The average Bonchev–Trinajstić information content (AvgIpc) is 3.73. The van der Waals surface area contributed by atoms with Gasteiger partial charge in [0.2, 0.25) is 3.79 Å². The van der Waals surface area contributed by atoms with Crippen molar-refractivity contribution >= 4 is 70.7 Å². The Kier molecular flexibility index (Phi) is 14.6. The molecular formula is C53H58Cl3NO16. The topological polar surface area (TPSA) is 220 Å². The Labute approximate surface area is 437 Å². The molecule has 0 spiro atoms. The molecule has 2 saturated heterocycles. The molecule has 0 aromatic heterocycles. The summed E-state index contributed by atoms with van der Waals surface area (Å²) in [5.41, 5.74) is -8.21. The van der Waals surface area contributed by atoms with E-state index in [1.165, 1.54) is 30.9 Å². The molecule has 0 unspecified atom stereocenters. The number of aliphatic hydroxyl groups excluding tert-OH is 1. The first-order valence-corrected chi connectivity index (χ1v) is 24.9. The van der Waals surface area contributed by atoms with Crippen LogP contribution in [-0.4, -0.2) is 121 Å². The Balaban J connectivity index is 1.28. The van der Waals surface area contributed by atoms with E-state index in [4.69, 9.17) is 72.7 Å². The van der Waals surface area contributed by atoms with Gasteiger partial charge in [0.05, 0.1) is 23.5 Å². The van der Waals surface area contributed by atoms with Crippen molar-refractivity contribution in [3.05, 3.63) is 119 Å². The van der Waals surface area contributed by atoms with Crippen molar-refractivity contribution in [3.8, 4) is 0 Å². The number of amides is 1. The third-order valence-corrected chi connectivity index (χ3v) is 15.2. The van der Waals surface area contributed by atoms with E-state index < -0.39 is 142 Å². The molecule has 3 aromatic carbocycles. The lowest BCUT2D eigenvalue weighted by molar-refractivity contribution is -0.346. The van der Waals surface area contributed by atoms with Gasteiger partial charge in [-0.05, 0) is 63.5 Å². The second kappa shape index (κ2) is 19.8. The Morgan fingerprint density at radius 2 is 1.44 bits per heavy atom. The fraction of sp³-hybridized carbons (Fsp3) is 0.509. The zero-order valence-electron chi connectivity index (χ0n) is 41.4. The van der Waals surface area contributed by atoms with E-state index >= 15 is 9.59 Å². The van der Waals surface area contributed by atoms with E-state index in [-0.39, 0.29) is 23.1 Å². The van der Waals surface area contributed by atoms with Crippen LogP contribution in [-0.2, 0) is 52.3 Å². The summed E-state index contributed by atoms with van der Waals surface area (Å²) in [4.78, 5) is 88.0. The SMILES string of the molecule is CC(=O)O[C@@]12CO[C@@H]1C[C@H](OC(=O)OCC(Cl)(Cl)Cl)[C@@]1(C)C(=O)[C@H](O)C3=C(C)[C@@H](OC(=O)[C@@H]4O[C@H](c5ccccc5)N(C(=O)OC(C)(C)C)[C@H]4c4ccccc4)C[C@@](O)([C@@H](OC(=O)c4ccccc4)[C@H]21)C3(C)C. The van der Waals surface area contributed by atoms with Crippen LogP contribution in [0.25, 0.3) is 0 Å². The summed E-state index contributed by atoms with van der Waals surface area (Å²) < 4.78 is 46.6. The summed E-state index contributed by atoms with van der Waals surface area (Å²) in [6.45, 7) is 11.1. The molecule has 73 heavy (non-hydrogen) atoms. The Bertz CT molecular complexity index is 2660. The van der Waals surface area contributed by atoms with Gasteiger partial charge >= 0.3 is 30.2 Å². The predicted molar refractivity (Wildman–Crippen MR) is 261 cm³/mol. The van der Waals surface area contributed by atoms with Crippen molar-refractivity contribution in [1.29, 1.82) is 0 Å². The molecule has 1 amide bonds. The number of aliphatic hydroxyl groups is 2. The summed E-state index contributed by atoms with van der Waals surface area (Å²) in [6.07, 6.45) is -14.1. The van der Waals surface area contributed by atoms with Crippen molar-refractivity contribution in [2.45, 2.75) is 138 Å². The van der Waals surface area contributed by atoms with Gasteiger partial charge in [-0.3, -0.25) is 14.5 Å². The smallest absolute Gasteiger partial charge is 0.456 e. The summed E-state index contributed by atoms with van der Waals surface area (Å²) in [7, 11) is 0. The first kappa shape index (κ1) is 54.0. The van der Waals surface area contributed by atoms with Crippen molar-refractivity contribution in [2.75, 3.05) is 13.2 Å². The van der Waals surface area contributed by atoms with Gasteiger partial charge in [-0.15, -0.1) is 0 Å². The van der Waals surface area contributed by atoms with E-state index in [2.05, 4.69) is 0 Å². The molecule has 12 atom stereocenters. The molecule has 3 aliphatic carbocycles. The number of carbonyl (C=O) groups excluding carboxylic acids is 6. The third-order valence-electron chi connectivity index (χ3n) is 14.9. The largest absolute Gasteiger partial charge is 0.508 e. The molecule has 2 N–H and O–H groups in total. The van der Waals surface area contributed by atoms with Gasteiger partial charge in [0, 0.05) is 30.7 Å². The molecule has 17 nitrogen and oxygen atoms in total. The number of fused-ring (bicyclic) bond motifs is 5. The maximum Gasteiger partial charge on any atom is 0.508 e. The zero-order chi connectivity index (χ0) is 53.2. The van der Waals surface area contributed by atoms with Gasteiger partial charge in [-0.2, -0.15) is 0 Å². The Morgan fingerprint density at radius 1 is 0.849 bits per heavy atom. The number of rotatable bonds is 9. The molecule has 4 fully saturated rings. The number of hydrogen-bond donors (Lipinski definition) is 2. The maximum absolute atomic E-state index is 15.8. The predicted octanol–water partition coefficient (Wildman–Crippen LogP) is 8.24. The number of halogens is 3. The van der Waals surface area contributed by atoms with Crippen molar-refractivity contribution in [3.63, 3.8) is 0 Å². The van der Waals surface area contributed by atoms with Crippen LogP contribution < -0.4 is 0 Å². The number of ether oxygens (including phenoxy) is 8. The third kappa shape index (κ3) is 9.82. The first-order chi connectivity index (χ1) is 34.1. The van der Waals surface area contributed by atoms with Gasteiger partial charge in [0.15, 0.2) is 23.7 Å². The van der Waals surface area contributed by atoms with E-state index in [0.717, 1.165) is 6.92 Å². The number of esters is 3. The lowest BCUT2D eigenvalue weighted by Crippen LogP contribution is -2.82. The van der Waals surface area contributed by atoms with Crippen LogP contribution in [0.5, 0.6) is 0 Å². The highest BCUT2D eigenvalue weighted by Gasteiger charge is 2.79. The number of Topliss-reactive ketones (excluding diaryl/α,β-unsaturated/α-hetero) is 1. The summed E-state index contributed by atoms with van der Waals surface area (Å²) in [6, 6.07) is 24.0. The monoisotopic (exact) mass is 1070 g/mol. The molecule has 0 radical (unpaired) electrons. The maximum atomic E-state index is 15.8. The lowest BCUT2D eigenvalue weighted by Gasteiger charge is -2.67. The number of nitrogens with zero attached hydrogens (tertiary/aromatic N) is 1. The molecule has 3 aromatic rings. The quantitative estimate of drug-likeness (QED) is 0.0892. The molecule has 5 aliphatic rings. The van der Waals surface area contributed by atoms with E-state index in [9.17, 15) is 29.4 Å². The minimum absolute atomic E-state index is 0.0273. The molecule has 8 rings (SSSR count). The Hall–Kier alpha value is -5.27. The molecule has 2 saturated carbocycles. The molecular weight excluding hydrogens is 1010 g/mol. The van der Waals surface area contributed by atoms with Gasteiger partial charge in [0.1, 0.15) is 54.4 Å². The van der Waals surface area contributed by atoms with Gasteiger partial charge in [0.25, 0.3) is 0 Å². The van der Waals surface area contributed by atoms with Crippen molar-refractivity contribution < 1.29 is 76.9 Å². The summed E-state index contributed by atoms with van der Waals surface area (Å²) in [5.74, 6) is -5.51.